The highest BCUT2D eigenvalue weighted by molar-refractivity contribution is 5.71. The van der Waals surface area contributed by atoms with Gasteiger partial charge in [-0.2, -0.15) is 0 Å². The Balaban J connectivity index is 4.34. The molecule has 1 unspecified atom stereocenters. The van der Waals surface area contributed by atoms with Crippen molar-refractivity contribution in [3.05, 3.63) is 36.5 Å². The molecule has 0 aromatic heterocycles. The van der Waals surface area contributed by atoms with Gasteiger partial charge >= 0.3 is 17.9 Å². The summed E-state index contributed by atoms with van der Waals surface area (Å²) >= 11 is 0. The molecule has 0 rings (SSSR count). The number of rotatable bonds is 53. The highest BCUT2D eigenvalue weighted by Crippen LogP contribution is 2.17. The van der Waals surface area contributed by atoms with Gasteiger partial charge in [0.05, 0.1) is 0 Å². The first kappa shape index (κ1) is 63.6. The van der Waals surface area contributed by atoms with Gasteiger partial charge in [0, 0.05) is 19.3 Å². The van der Waals surface area contributed by atoms with Crippen molar-refractivity contribution in [1.29, 1.82) is 0 Å². The van der Waals surface area contributed by atoms with E-state index < -0.39 is 6.10 Å². The number of hydrogen-bond donors (Lipinski definition) is 0. The Hall–Kier alpha value is -2.37. The van der Waals surface area contributed by atoms with E-state index in [1.807, 2.05) is 0 Å². The lowest BCUT2D eigenvalue weighted by atomic mass is 10.0. The summed E-state index contributed by atoms with van der Waals surface area (Å²) in [6.45, 7) is 6.63. The van der Waals surface area contributed by atoms with Crippen molar-refractivity contribution in [2.24, 2.45) is 0 Å². The van der Waals surface area contributed by atoms with Crippen LogP contribution in [0.15, 0.2) is 36.5 Å². The van der Waals surface area contributed by atoms with Crippen molar-refractivity contribution in [1.82, 2.24) is 0 Å². The largest absolute Gasteiger partial charge is 0.462 e. The first-order valence-corrected chi connectivity index (χ1v) is 29.0. The zero-order valence-electron chi connectivity index (χ0n) is 44.2. The molecule has 0 aromatic rings. The number of ether oxygens (including phenoxy) is 3. The van der Waals surface area contributed by atoms with Crippen LogP contribution >= 0.6 is 0 Å². The van der Waals surface area contributed by atoms with Crippen molar-refractivity contribution < 1.29 is 28.6 Å². The second-order valence-corrected chi connectivity index (χ2v) is 19.6. The number of carbonyl (C=O) groups is 3. The topological polar surface area (TPSA) is 78.9 Å². The quantitative estimate of drug-likeness (QED) is 0.0199. The highest BCUT2D eigenvalue weighted by atomic mass is 16.6. The van der Waals surface area contributed by atoms with Gasteiger partial charge in [-0.25, -0.2) is 0 Å². The summed E-state index contributed by atoms with van der Waals surface area (Å²) < 4.78 is 16.9. The summed E-state index contributed by atoms with van der Waals surface area (Å²) in [6, 6.07) is 0. The molecule has 0 aromatic carbocycles. The third-order valence-electron chi connectivity index (χ3n) is 12.9. The van der Waals surface area contributed by atoms with Crippen LogP contribution in [0.5, 0.6) is 0 Å². The molecule has 6 heteroatoms. The SMILES string of the molecule is CCCCC/C=C\C=C/CCCCCCCCC(=O)OC(COC(=O)CCCCCCCCC/C=C\CCCCCC)COC(=O)CCCCCCCCCCCCCCCCCCCC. The van der Waals surface area contributed by atoms with Crippen LogP contribution in [0, 0.1) is 0 Å². The summed E-state index contributed by atoms with van der Waals surface area (Å²) in [5.41, 5.74) is 0. The molecule has 0 aliphatic carbocycles. The third kappa shape index (κ3) is 52.6. The van der Waals surface area contributed by atoms with Gasteiger partial charge in [0.2, 0.25) is 0 Å². The Labute approximate surface area is 410 Å². The van der Waals surface area contributed by atoms with Crippen LogP contribution in [0.3, 0.4) is 0 Å². The molecule has 0 aliphatic heterocycles. The van der Waals surface area contributed by atoms with Crippen LogP contribution in [-0.4, -0.2) is 37.2 Å². The van der Waals surface area contributed by atoms with Gasteiger partial charge in [-0.05, 0) is 70.6 Å². The molecule has 6 nitrogen and oxygen atoms in total. The summed E-state index contributed by atoms with van der Waals surface area (Å²) in [5, 5.41) is 0. The van der Waals surface area contributed by atoms with Crippen LogP contribution in [-0.2, 0) is 28.6 Å². The van der Waals surface area contributed by atoms with Crippen LogP contribution < -0.4 is 0 Å². The molecular formula is C60H110O6. The van der Waals surface area contributed by atoms with Gasteiger partial charge in [-0.3, -0.25) is 14.4 Å². The summed E-state index contributed by atoms with van der Waals surface area (Å²) in [6.07, 6.45) is 65.6. The molecule has 66 heavy (non-hydrogen) atoms. The van der Waals surface area contributed by atoms with Crippen molar-refractivity contribution in [3.63, 3.8) is 0 Å². The molecular weight excluding hydrogens is 817 g/mol. The average molecular weight is 928 g/mol. The average Bonchev–Trinajstić information content (AvgIpc) is 3.31. The van der Waals surface area contributed by atoms with Crippen molar-refractivity contribution in [2.45, 2.75) is 316 Å². The first-order chi connectivity index (χ1) is 32.5. The van der Waals surface area contributed by atoms with Gasteiger partial charge in [-0.1, -0.05) is 256 Å². The van der Waals surface area contributed by atoms with Crippen LogP contribution in [0.25, 0.3) is 0 Å². The van der Waals surface area contributed by atoms with E-state index in [4.69, 9.17) is 14.2 Å². The number of esters is 3. The summed E-state index contributed by atoms with van der Waals surface area (Å²) in [5.74, 6) is -0.874. The van der Waals surface area contributed by atoms with Crippen molar-refractivity contribution in [2.75, 3.05) is 13.2 Å². The Bertz CT molecular complexity index is 1110. The molecule has 0 N–H and O–H groups in total. The number of unbranched alkanes of at least 4 members (excludes halogenated alkanes) is 37. The Morgan fingerprint density at radius 1 is 0.303 bits per heavy atom. The minimum absolute atomic E-state index is 0.0747. The van der Waals surface area contributed by atoms with E-state index in [0.29, 0.717) is 19.3 Å². The van der Waals surface area contributed by atoms with E-state index in [-0.39, 0.29) is 31.1 Å². The number of allylic oxidation sites excluding steroid dienone is 6. The fourth-order valence-corrected chi connectivity index (χ4v) is 8.49. The number of carbonyl (C=O) groups excluding carboxylic acids is 3. The Morgan fingerprint density at radius 3 is 0.894 bits per heavy atom. The van der Waals surface area contributed by atoms with E-state index in [1.54, 1.807) is 0 Å². The monoisotopic (exact) mass is 927 g/mol. The minimum atomic E-state index is -0.777. The summed E-state index contributed by atoms with van der Waals surface area (Å²) in [7, 11) is 0. The third-order valence-corrected chi connectivity index (χ3v) is 12.9. The van der Waals surface area contributed by atoms with Crippen molar-refractivity contribution in [3.8, 4) is 0 Å². The van der Waals surface area contributed by atoms with Gasteiger partial charge in [-0.15, -0.1) is 0 Å². The molecule has 1 atom stereocenters. The first-order valence-electron chi connectivity index (χ1n) is 29.0. The fraction of sp³-hybridized carbons (Fsp3) is 0.850. The summed E-state index contributed by atoms with van der Waals surface area (Å²) in [4.78, 5) is 38.1. The van der Waals surface area contributed by atoms with Crippen LogP contribution in [0.4, 0.5) is 0 Å². The minimum Gasteiger partial charge on any atom is -0.462 e. The predicted molar refractivity (Wildman–Crippen MR) is 284 cm³/mol. The molecule has 0 radical (unpaired) electrons. The molecule has 0 amide bonds. The van der Waals surface area contributed by atoms with Gasteiger partial charge in [0.15, 0.2) is 6.10 Å². The fourth-order valence-electron chi connectivity index (χ4n) is 8.49. The molecule has 0 saturated heterocycles. The molecule has 0 bridgehead atoms. The Kier molecular flexibility index (Phi) is 53.2. The van der Waals surface area contributed by atoms with Gasteiger partial charge < -0.3 is 14.2 Å². The lowest BCUT2D eigenvalue weighted by molar-refractivity contribution is -0.167. The highest BCUT2D eigenvalue weighted by Gasteiger charge is 2.19. The second-order valence-electron chi connectivity index (χ2n) is 19.6. The van der Waals surface area contributed by atoms with Gasteiger partial charge in [0.1, 0.15) is 13.2 Å². The normalized spacial score (nSPS) is 12.2. The lowest BCUT2D eigenvalue weighted by Gasteiger charge is -2.18. The smallest absolute Gasteiger partial charge is 0.306 e. The maximum atomic E-state index is 12.8. The molecule has 0 aliphatic rings. The van der Waals surface area contributed by atoms with E-state index in [1.165, 1.54) is 205 Å². The molecule has 0 fully saturated rings. The van der Waals surface area contributed by atoms with Crippen molar-refractivity contribution >= 4 is 17.9 Å². The van der Waals surface area contributed by atoms with Crippen LogP contribution in [0.2, 0.25) is 0 Å². The standard InChI is InChI=1S/C60H110O6/c1-4-7-10-13-16-19-22-25-28-29-30-33-35-38-41-44-47-50-53-59(62)65-56-57(66-60(63)54-51-48-45-42-39-36-32-27-24-21-18-15-12-9-6-3)55-64-58(61)52-49-46-43-40-37-34-31-26-23-20-17-14-11-8-5-2/h18,20-21,23-24,27,57H,4-17,19,22,25-26,28-56H2,1-3H3/b21-18-,23-20-,27-24-. The zero-order chi connectivity index (χ0) is 47.9. The molecule has 0 spiro atoms. The maximum absolute atomic E-state index is 12.8. The van der Waals surface area contributed by atoms with E-state index in [9.17, 15) is 14.4 Å². The predicted octanol–water partition coefficient (Wildman–Crippen LogP) is 19.3. The Morgan fingerprint density at radius 2 is 0.545 bits per heavy atom. The van der Waals surface area contributed by atoms with Gasteiger partial charge in [0.25, 0.3) is 0 Å². The lowest BCUT2D eigenvalue weighted by Crippen LogP contribution is -2.30. The number of hydrogen-bond acceptors (Lipinski definition) is 6. The maximum Gasteiger partial charge on any atom is 0.306 e. The molecule has 0 saturated carbocycles. The van der Waals surface area contributed by atoms with Crippen LogP contribution in [0.1, 0.15) is 310 Å². The van der Waals surface area contributed by atoms with E-state index >= 15 is 0 Å². The molecule has 386 valence electrons. The van der Waals surface area contributed by atoms with E-state index in [0.717, 1.165) is 64.2 Å². The second kappa shape index (κ2) is 55.2. The molecule has 0 heterocycles. The van der Waals surface area contributed by atoms with E-state index in [2.05, 4.69) is 57.2 Å². The zero-order valence-corrected chi connectivity index (χ0v) is 44.2.